The van der Waals surface area contributed by atoms with Crippen LogP contribution < -0.4 is 16.0 Å². The molecule has 34 heavy (non-hydrogen) atoms. The highest BCUT2D eigenvalue weighted by atomic mass is 16.5. The second-order valence-electron chi connectivity index (χ2n) is 8.78. The van der Waals surface area contributed by atoms with Gasteiger partial charge in [-0.3, -0.25) is 10.3 Å². The average Bonchev–Trinajstić information content (AvgIpc) is 3.57. The maximum absolute atomic E-state index is 12.3. The number of hydrogen-bond donors (Lipinski definition) is 3. The van der Waals surface area contributed by atoms with Crippen molar-refractivity contribution in [3.63, 3.8) is 0 Å². The van der Waals surface area contributed by atoms with Crippen LogP contribution in [-0.4, -0.2) is 40.7 Å². The molecule has 1 aliphatic carbocycles. The van der Waals surface area contributed by atoms with Crippen molar-refractivity contribution in [2.45, 2.75) is 33.1 Å². The van der Waals surface area contributed by atoms with E-state index in [4.69, 9.17) is 0 Å². The van der Waals surface area contributed by atoms with E-state index in [1.165, 1.54) is 26.3 Å². The van der Waals surface area contributed by atoms with Crippen LogP contribution in [0.1, 0.15) is 31.9 Å². The summed E-state index contributed by atoms with van der Waals surface area (Å²) in [5.74, 6) is 0.341. The van der Waals surface area contributed by atoms with Gasteiger partial charge >= 0.3 is 12.1 Å². The van der Waals surface area contributed by atoms with Crippen LogP contribution in [0.25, 0.3) is 22.4 Å². The molecule has 4 rings (SSSR count). The van der Waals surface area contributed by atoms with E-state index >= 15 is 0 Å². The van der Waals surface area contributed by atoms with E-state index in [0.29, 0.717) is 29.2 Å². The van der Waals surface area contributed by atoms with E-state index in [0.717, 1.165) is 28.8 Å². The van der Waals surface area contributed by atoms with Gasteiger partial charge < -0.3 is 15.4 Å². The minimum Gasteiger partial charge on any atom is -0.453 e. The summed E-state index contributed by atoms with van der Waals surface area (Å²) in [5.41, 5.74) is 5.16. The lowest BCUT2D eigenvalue weighted by molar-refractivity contribution is 0.187. The molecule has 9 nitrogen and oxygen atoms in total. The van der Waals surface area contributed by atoms with E-state index in [2.05, 4.69) is 42.6 Å². The molecule has 0 atom stereocenters. The number of ether oxygens (including phenoxy) is 1. The molecule has 0 saturated heterocycles. The zero-order chi connectivity index (χ0) is 24.1. The lowest BCUT2D eigenvalue weighted by Gasteiger charge is -2.13. The summed E-state index contributed by atoms with van der Waals surface area (Å²) < 4.78 is 4.62. The quantitative estimate of drug-likeness (QED) is 0.456. The molecule has 176 valence electrons. The zero-order valence-electron chi connectivity index (χ0n) is 19.5. The Morgan fingerprint density at radius 2 is 1.85 bits per heavy atom. The van der Waals surface area contributed by atoms with Crippen molar-refractivity contribution in [1.29, 1.82) is 0 Å². The summed E-state index contributed by atoms with van der Waals surface area (Å²) in [6.07, 6.45) is 5.89. The highest BCUT2D eigenvalue weighted by Crippen LogP contribution is 2.47. The number of urea groups is 1. The fourth-order valence-electron chi connectivity index (χ4n) is 3.60. The van der Waals surface area contributed by atoms with Crippen molar-refractivity contribution >= 4 is 23.6 Å². The molecule has 2 heterocycles. The SMILES string of the molecule is COC(=O)Nc1cc(-c2cccc(-c3cc(NC(=O)NCCC4(C)CC4)cnc3C)c2)ncn1. The van der Waals surface area contributed by atoms with Crippen molar-refractivity contribution < 1.29 is 14.3 Å². The molecule has 9 heteroatoms. The molecule has 0 spiro atoms. The highest BCUT2D eigenvalue weighted by molar-refractivity contribution is 5.90. The first-order valence-electron chi connectivity index (χ1n) is 11.1. The Hall–Kier alpha value is -4.01. The second kappa shape index (κ2) is 9.86. The van der Waals surface area contributed by atoms with Crippen molar-refractivity contribution in [3.8, 4) is 22.4 Å². The Kier molecular flexibility index (Phi) is 6.72. The number of aryl methyl sites for hydroxylation is 1. The van der Waals surface area contributed by atoms with E-state index in [1.807, 2.05) is 37.3 Å². The number of hydrogen-bond acceptors (Lipinski definition) is 6. The van der Waals surface area contributed by atoms with E-state index in [-0.39, 0.29) is 6.03 Å². The molecule has 1 aromatic carbocycles. The van der Waals surface area contributed by atoms with Gasteiger partial charge in [-0.05, 0) is 49.3 Å². The first-order valence-corrected chi connectivity index (χ1v) is 11.1. The van der Waals surface area contributed by atoms with Gasteiger partial charge in [-0.15, -0.1) is 0 Å². The summed E-state index contributed by atoms with van der Waals surface area (Å²) >= 11 is 0. The van der Waals surface area contributed by atoms with E-state index in [1.54, 1.807) is 12.3 Å². The number of amides is 3. The molecule has 0 unspecified atom stereocenters. The molecule has 3 aromatic rings. The molecule has 1 saturated carbocycles. The molecule has 0 aliphatic heterocycles. The van der Waals surface area contributed by atoms with Crippen LogP contribution in [0.15, 0.2) is 48.9 Å². The van der Waals surface area contributed by atoms with Gasteiger partial charge in [0, 0.05) is 29.4 Å². The number of carbonyl (C=O) groups is 2. The van der Waals surface area contributed by atoms with E-state index in [9.17, 15) is 9.59 Å². The Bertz CT molecular complexity index is 1210. The molecular weight excluding hydrogens is 432 g/mol. The molecule has 2 aromatic heterocycles. The Balaban J connectivity index is 1.50. The average molecular weight is 461 g/mol. The fraction of sp³-hybridized carbons (Fsp3) is 0.320. The number of methoxy groups -OCH3 is 1. The number of anilines is 2. The molecule has 3 N–H and O–H groups in total. The summed E-state index contributed by atoms with van der Waals surface area (Å²) in [4.78, 5) is 36.6. The van der Waals surface area contributed by atoms with Crippen molar-refractivity contribution in [2.75, 3.05) is 24.3 Å². The topological polar surface area (TPSA) is 118 Å². The lowest BCUT2D eigenvalue weighted by Crippen LogP contribution is -2.30. The van der Waals surface area contributed by atoms with Crippen molar-refractivity contribution in [1.82, 2.24) is 20.3 Å². The van der Waals surface area contributed by atoms with Crippen LogP contribution >= 0.6 is 0 Å². The van der Waals surface area contributed by atoms with Gasteiger partial charge in [0.15, 0.2) is 0 Å². The molecule has 0 bridgehead atoms. The monoisotopic (exact) mass is 460 g/mol. The first kappa shape index (κ1) is 23.2. The minimum atomic E-state index is -0.602. The van der Waals surface area contributed by atoms with Crippen molar-refractivity contribution in [3.05, 3.63) is 54.6 Å². The Morgan fingerprint density at radius 1 is 1.06 bits per heavy atom. The summed E-state index contributed by atoms with van der Waals surface area (Å²) in [7, 11) is 1.29. The second-order valence-corrected chi connectivity index (χ2v) is 8.78. The number of carbonyl (C=O) groups excluding carboxylic acids is 2. The maximum atomic E-state index is 12.3. The van der Waals surface area contributed by atoms with E-state index < -0.39 is 6.09 Å². The van der Waals surface area contributed by atoms with Gasteiger partial charge in [-0.25, -0.2) is 19.6 Å². The van der Waals surface area contributed by atoms with Crippen LogP contribution in [0, 0.1) is 12.3 Å². The van der Waals surface area contributed by atoms with Gasteiger partial charge in [-0.1, -0.05) is 25.1 Å². The molecule has 1 aliphatic rings. The van der Waals surface area contributed by atoms with Gasteiger partial charge in [0.05, 0.1) is 24.7 Å². The zero-order valence-corrected chi connectivity index (χ0v) is 19.5. The van der Waals surface area contributed by atoms with Crippen LogP contribution in [0.4, 0.5) is 21.1 Å². The largest absolute Gasteiger partial charge is 0.453 e. The Labute approximate surface area is 198 Å². The summed E-state index contributed by atoms with van der Waals surface area (Å²) in [6.45, 7) is 4.82. The van der Waals surface area contributed by atoms with Crippen LogP contribution in [0.5, 0.6) is 0 Å². The number of benzene rings is 1. The van der Waals surface area contributed by atoms with Gasteiger partial charge in [-0.2, -0.15) is 0 Å². The Morgan fingerprint density at radius 3 is 2.62 bits per heavy atom. The number of aromatic nitrogens is 3. The lowest BCUT2D eigenvalue weighted by atomic mass is 10.0. The van der Waals surface area contributed by atoms with Gasteiger partial charge in [0.2, 0.25) is 0 Å². The summed E-state index contributed by atoms with van der Waals surface area (Å²) in [5, 5.41) is 8.34. The van der Waals surface area contributed by atoms with Crippen LogP contribution in [0.2, 0.25) is 0 Å². The van der Waals surface area contributed by atoms with Gasteiger partial charge in [0.1, 0.15) is 12.1 Å². The maximum Gasteiger partial charge on any atom is 0.412 e. The minimum absolute atomic E-state index is 0.235. The smallest absolute Gasteiger partial charge is 0.412 e. The van der Waals surface area contributed by atoms with Crippen LogP contribution in [0.3, 0.4) is 0 Å². The first-order chi connectivity index (χ1) is 16.3. The van der Waals surface area contributed by atoms with Crippen LogP contribution in [-0.2, 0) is 4.74 Å². The number of pyridine rings is 1. The standard InChI is InChI=1S/C25H28N6O3/c1-16-20(12-19(14-27-16)30-23(32)26-10-9-25(2)7-8-25)17-5-4-6-18(11-17)21-13-22(29-15-28-21)31-24(33)34-3/h4-6,11-15H,7-10H2,1-3H3,(H2,26,30,32)(H,28,29,31,33). The normalized spacial score (nSPS) is 13.6. The molecule has 0 radical (unpaired) electrons. The fourth-order valence-corrected chi connectivity index (χ4v) is 3.60. The number of nitrogens with one attached hydrogen (secondary N) is 3. The molecule has 3 amide bonds. The highest BCUT2D eigenvalue weighted by Gasteiger charge is 2.36. The number of rotatable bonds is 7. The van der Waals surface area contributed by atoms with Crippen molar-refractivity contribution in [2.24, 2.45) is 5.41 Å². The molecule has 1 fully saturated rings. The summed E-state index contributed by atoms with van der Waals surface area (Å²) in [6, 6.07) is 11.1. The predicted octanol–water partition coefficient (Wildman–Crippen LogP) is 5.00. The third-order valence-electron chi connectivity index (χ3n) is 6.01. The third-order valence-corrected chi connectivity index (χ3v) is 6.01. The predicted molar refractivity (Wildman–Crippen MR) is 130 cm³/mol. The number of nitrogens with zero attached hydrogens (tertiary/aromatic N) is 3. The van der Waals surface area contributed by atoms with Gasteiger partial charge in [0.25, 0.3) is 0 Å². The third kappa shape index (κ3) is 5.86. The molecular formula is C25H28N6O3.